The molecular weight excluding hydrogens is 342 g/mol. The van der Waals surface area contributed by atoms with E-state index in [0.717, 1.165) is 32.7 Å². The van der Waals surface area contributed by atoms with E-state index in [1.807, 2.05) is 11.3 Å². The van der Waals surface area contributed by atoms with E-state index < -0.39 is 0 Å². The van der Waals surface area contributed by atoms with Crippen LogP contribution in [0, 0.1) is 6.92 Å². The van der Waals surface area contributed by atoms with E-state index in [1.165, 1.54) is 29.0 Å². The van der Waals surface area contributed by atoms with Crippen molar-refractivity contribution in [2.75, 3.05) is 44.2 Å². The number of nitrogens with zero attached hydrogens (tertiary/aromatic N) is 3. The number of carbonyl (C=O) groups is 1. The third-order valence-corrected chi connectivity index (χ3v) is 6.55. The van der Waals surface area contributed by atoms with Gasteiger partial charge in [0, 0.05) is 42.8 Å². The molecule has 0 radical (unpaired) electrons. The van der Waals surface area contributed by atoms with Crippen LogP contribution >= 0.6 is 11.3 Å². The number of hydrogen-bond donors (Lipinski definition) is 0. The molecule has 1 atom stereocenters. The fourth-order valence-electron chi connectivity index (χ4n) is 4.13. The van der Waals surface area contributed by atoms with Gasteiger partial charge >= 0.3 is 0 Å². The standard InChI is InChI=1S/C21H27N3OS/c1-17-5-2-6-18(15-17)22-10-12-23(13-11-22)21(25)16-24-9-3-7-19(24)20-8-4-14-26-20/h2,4-6,8,14-15,19H,3,7,9-13,16H2,1H3/t19-/m1/s1. The average Bonchev–Trinajstić information content (AvgIpc) is 3.33. The summed E-state index contributed by atoms with van der Waals surface area (Å²) in [5, 5.41) is 2.14. The Morgan fingerprint density at radius 3 is 2.69 bits per heavy atom. The second-order valence-electron chi connectivity index (χ2n) is 7.35. The maximum Gasteiger partial charge on any atom is 0.236 e. The van der Waals surface area contributed by atoms with E-state index in [-0.39, 0.29) is 5.91 Å². The number of carbonyl (C=O) groups excluding carboxylic acids is 1. The maximum atomic E-state index is 12.8. The predicted octanol–water partition coefficient (Wildman–Crippen LogP) is 3.54. The minimum absolute atomic E-state index is 0.289. The number of thiophene rings is 1. The maximum absolute atomic E-state index is 12.8. The monoisotopic (exact) mass is 369 g/mol. The van der Waals surface area contributed by atoms with Gasteiger partial charge in [0.2, 0.25) is 5.91 Å². The van der Waals surface area contributed by atoms with Crippen molar-refractivity contribution in [2.45, 2.75) is 25.8 Å². The first kappa shape index (κ1) is 17.6. The van der Waals surface area contributed by atoms with E-state index in [9.17, 15) is 4.79 Å². The third kappa shape index (κ3) is 3.79. The van der Waals surface area contributed by atoms with Crippen LogP contribution in [0.5, 0.6) is 0 Å². The Kier molecular flexibility index (Phi) is 5.27. The van der Waals surface area contributed by atoms with Gasteiger partial charge in [-0.2, -0.15) is 0 Å². The molecule has 1 amide bonds. The second kappa shape index (κ2) is 7.80. The lowest BCUT2D eigenvalue weighted by Gasteiger charge is -2.37. The lowest BCUT2D eigenvalue weighted by Crippen LogP contribution is -2.51. The van der Waals surface area contributed by atoms with Crippen molar-refractivity contribution >= 4 is 22.9 Å². The molecule has 0 unspecified atom stereocenters. The number of anilines is 1. The smallest absolute Gasteiger partial charge is 0.236 e. The van der Waals surface area contributed by atoms with Crippen molar-refractivity contribution in [1.29, 1.82) is 0 Å². The summed E-state index contributed by atoms with van der Waals surface area (Å²) in [4.78, 5) is 21.1. The van der Waals surface area contributed by atoms with Gasteiger partial charge in [0.1, 0.15) is 0 Å². The van der Waals surface area contributed by atoms with Crippen molar-refractivity contribution in [3.05, 3.63) is 52.2 Å². The molecule has 26 heavy (non-hydrogen) atoms. The van der Waals surface area contributed by atoms with Gasteiger partial charge in [-0.3, -0.25) is 9.69 Å². The number of aryl methyl sites for hydroxylation is 1. The van der Waals surface area contributed by atoms with Gasteiger partial charge in [0.05, 0.1) is 6.54 Å². The highest BCUT2D eigenvalue weighted by atomic mass is 32.1. The normalized spacial score (nSPS) is 21.3. The Balaban J connectivity index is 1.32. The molecule has 1 aromatic heterocycles. The second-order valence-corrected chi connectivity index (χ2v) is 8.33. The predicted molar refractivity (Wildman–Crippen MR) is 108 cm³/mol. The summed E-state index contributed by atoms with van der Waals surface area (Å²) >= 11 is 1.81. The van der Waals surface area contributed by atoms with Crippen molar-refractivity contribution in [2.24, 2.45) is 0 Å². The zero-order chi connectivity index (χ0) is 17.9. The third-order valence-electron chi connectivity index (χ3n) is 5.57. The number of piperazine rings is 1. The molecule has 4 rings (SSSR count). The first-order valence-electron chi connectivity index (χ1n) is 9.57. The molecule has 5 heteroatoms. The molecule has 2 saturated heterocycles. The molecule has 0 N–H and O–H groups in total. The fraction of sp³-hybridized carbons (Fsp3) is 0.476. The molecule has 2 aliphatic rings. The highest BCUT2D eigenvalue weighted by molar-refractivity contribution is 7.10. The summed E-state index contributed by atoms with van der Waals surface area (Å²) in [6.45, 7) is 7.22. The van der Waals surface area contributed by atoms with Crippen molar-refractivity contribution in [3.63, 3.8) is 0 Å². The molecule has 138 valence electrons. The molecule has 3 heterocycles. The van der Waals surface area contributed by atoms with Gasteiger partial charge in [-0.05, 0) is 55.5 Å². The van der Waals surface area contributed by atoms with Crippen LogP contribution in [-0.2, 0) is 4.79 Å². The molecule has 0 bridgehead atoms. The minimum Gasteiger partial charge on any atom is -0.368 e. The number of likely N-dealkylation sites (tertiary alicyclic amines) is 1. The van der Waals surface area contributed by atoms with Gasteiger partial charge in [-0.25, -0.2) is 0 Å². The summed E-state index contributed by atoms with van der Waals surface area (Å²) in [5.74, 6) is 0.289. The first-order valence-corrected chi connectivity index (χ1v) is 10.5. The summed E-state index contributed by atoms with van der Waals surface area (Å²) < 4.78 is 0. The summed E-state index contributed by atoms with van der Waals surface area (Å²) in [7, 11) is 0. The molecular formula is C21H27N3OS. The van der Waals surface area contributed by atoms with Gasteiger partial charge in [-0.1, -0.05) is 18.2 Å². The molecule has 1 aromatic carbocycles. The van der Waals surface area contributed by atoms with Crippen LogP contribution in [0.3, 0.4) is 0 Å². The van der Waals surface area contributed by atoms with Crippen LogP contribution in [0.1, 0.15) is 29.3 Å². The highest BCUT2D eigenvalue weighted by Crippen LogP contribution is 2.34. The lowest BCUT2D eigenvalue weighted by atomic mass is 10.2. The topological polar surface area (TPSA) is 26.8 Å². The quantitative estimate of drug-likeness (QED) is 0.825. The highest BCUT2D eigenvalue weighted by Gasteiger charge is 2.30. The zero-order valence-corrected chi connectivity index (χ0v) is 16.3. The van der Waals surface area contributed by atoms with Crippen molar-refractivity contribution in [1.82, 2.24) is 9.80 Å². The average molecular weight is 370 g/mol. The summed E-state index contributed by atoms with van der Waals surface area (Å²) in [6.07, 6.45) is 2.37. The molecule has 0 aliphatic carbocycles. The minimum atomic E-state index is 0.289. The van der Waals surface area contributed by atoms with Crippen LogP contribution in [0.25, 0.3) is 0 Å². The van der Waals surface area contributed by atoms with E-state index in [4.69, 9.17) is 0 Å². The molecule has 2 aromatic rings. The molecule has 0 spiro atoms. The SMILES string of the molecule is Cc1cccc(N2CCN(C(=O)CN3CCC[C@@H]3c3cccs3)CC2)c1. The largest absolute Gasteiger partial charge is 0.368 e. The summed E-state index contributed by atoms with van der Waals surface area (Å²) in [5.41, 5.74) is 2.56. The first-order chi connectivity index (χ1) is 12.7. The number of benzene rings is 1. The van der Waals surface area contributed by atoms with Gasteiger partial charge < -0.3 is 9.80 Å². The Bertz CT molecular complexity index is 737. The van der Waals surface area contributed by atoms with Crippen LogP contribution in [0.15, 0.2) is 41.8 Å². The Morgan fingerprint density at radius 2 is 1.96 bits per heavy atom. The van der Waals surface area contributed by atoms with Gasteiger partial charge in [0.25, 0.3) is 0 Å². The molecule has 0 saturated carbocycles. The van der Waals surface area contributed by atoms with Crippen LogP contribution in [0.4, 0.5) is 5.69 Å². The van der Waals surface area contributed by atoms with E-state index >= 15 is 0 Å². The Hall–Kier alpha value is -1.85. The Morgan fingerprint density at radius 1 is 1.12 bits per heavy atom. The fourth-order valence-corrected chi connectivity index (χ4v) is 5.03. The lowest BCUT2D eigenvalue weighted by molar-refractivity contribution is -0.133. The molecule has 2 aliphatic heterocycles. The van der Waals surface area contributed by atoms with Crippen LogP contribution < -0.4 is 4.90 Å². The van der Waals surface area contributed by atoms with Crippen LogP contribution in [0.2, 0.25) is 0 Å². The Labute approximate surface area is 160 Å². The number of rotatable bonds is 4. The number of amides is 1. The van der Waals surface area contributed by atoms with E-state index in [0.29, 0.717) is 12.6 Å². The molecule has 4 nitrogen and oxygen atoms in total. The summed E-state index contributed by atoms with van der Waals surface area (Å²) in [6, 6.07) is 13.4. The zero-order valence-electron chi connectivity index (χ0n) is 15.4. The number of hydrogen-bond acceptors (Lipinski definition) is 4. The van der Waals surface area contributed by atoms with Crippen molar-refractivity contribution in [3.8, 4) is 0 Å². The van der Waals surface area contributed by atoms with E-state index in [2.05, 4.69) is 63.4 Å². The van der Waals surface area contributed by atoms with Crippen molar-refractivity contribution < 1.29 is 4.79 Å². The van der Waals surface area contributed by atoms with Gasteiger partial charge in [-0.15, -0.1) is 11.3 Å². The van der Waals surface area contributed by atoms with E-state index in [1.54, 1.807) is 0 Å². The molecule has 2 fully saturated rings. The van der Waals surface area contributed by atoms with Crippen LogP contribution in [-0.4, -0.2) is 55.0 Å². The van der Waals surface area contributed by atoms with Gasteiger partial charge in [0.15, 0.2) is 0 Å².